The van der Waals surface area contributed by atoms with Crippen LogP contribution in [0.15, 0.2) is 61.2 Å². The normalized spacial score (nSPS) is 10.7. The van der Waals surface area contributed by atoms with Gasteiger partial charge in [0.2, 0.25) is 0 Å². The van der Waals surface area contributed by atoms with Crippen LogP contribution in [0.25, 0.3) is 17.2 Å². The lowest BCUT2D eigenvalue weighted by Crippen LogP contribution is -2.44. The van der Waals surface area contributed by atoms with Crippen molar-refractivity contribution < 1.29 is 25.3 Å². The summed E-state index contributed by atoms with van der Waals surface area (Å²) in [6.07, 6.45) is 1.86. The van der Waals surface area contributed by atoms with Gasteiger partial charge in [-0.15, -0.1) is 0 Å². The Morgan fingerprint density at radius 3 is 1.38 bits per heavy atom. The Kier molecular flexibility index (Phi) is 10.1. The van der Waals surface area contributed by atoms with Crippen LogP contribution in [-0.4, -0.2) is 43.8 Å². The van der Waals surface area contributed by atoms with E-state index in [-0.39, 0.29) is 0 Å². The fraction of sp³-hybridized carbons (Fsp3) is 0.300. The number of benzene rings is 2. The Morgan fingerprint density at radius 1 is 0.731 bits per heavy atom. The largest absolute Gasteiger partial charge is 0.631 e. The standard InChI is InChI=1S/C14H12.C6H14O2.BH3O3/c1-2-12-8-10-14(11-9-12)13-6-4-3-5-7-13;1-5(2,7)6(3,4)8;2-1(3)4/h2-11H,1H2;7-8H,1-4H3;2-4H. The number of aliphatic hydroxyl groups is 2. The molecule has 0 aliphatic rings. The van der Waals surface area contributed by atoms with Crippen molar-refractivity contribution in [3.8, 4) is 11.1 Å². The van der Waals surface area contributed by atoms with Gasteiger partial charge in [-0.05, 0) is 44.4 Å². The Morgan fingerprint density at radius 2 is 1.08 bits per heavy atom. The van der Waals surface area contributed by atoms with Gasteiger partial charge in [0.05, 0.1) is 11.2 Å². The Bertz CT molecular complexity index is 611. The molecule has 0 radical (unpaired) electrons. The average molecular weight is 360 g/mol. The first-order valence-corrected chi connectivity index (χ1v) is 8.15. The molecule has 0 aliphatic heterocycles. The van der Waals surface area contributed by atoms with Crippen LogP contribution in [0, 0.1) is 0 Å². The van der Waals surface area contributed by atoms with Crippen LogP contribution in [0.4, 0.5) is 0 Å². The van der Waals surface area contributed by atoms with Crippen LogP contribution < -0.4 is 0 Å². The Hall–Kier alpha value is -1.96. The summed E-state index contributed by atoms with van der Waals surface area (Å²) in [5, 5.41) is 39.7. The predicted molar refractivity (Wildman–Crippen MR) is 107 cm³/mol. The minimum atomic E-state index is -2.17. The van der Waals surface area contributed by atoms with Crippen molar-refractivity contribution in [2.45, 2.75) is 38.9 Å². The molecule has 26 heavy (non-hydrogen) atoms. The van der Waals surface area contributed by atoms with Crippen LogP contribution in [0.5, 0.6) is 0 Å². The van der Waals surface area contributed by atoms with E-state index in [1.165, 1.54) is 11.1 Å². The molecule has 0 fully saturated rings. The maximum absolute atomic E-state index is 9.10. The van der Waals surface area contributed by atoms with Crippen LogP contribution in [-0.2, 0) is 0 Å². The molecule has 0 heterocycles. The van der Waals surface area contributed by atoms with Gasteiger partial charge >= 0.3 is 7.32 Å². The lowest BCUT2D eigenvalue weighted by atomic mass is 9.90. The van der Waals surface area contributed by atoms with E-state index in [9.17, 15) is 0 Å². The molecule has 2 aromatic carbocycles. The van der Waals surface area contributed by atoms with Gasteiger partial charge in [0.1, 0.15) is 0 Å². The summed E-state index contributed by atoms with van der Waals surface area (Å²) < 4.78 is 0. The number of rotatable bonds is 3. The van der Waals surface area contributed by atoms with Crippen LogP contribution in [0.3, 0.4) is 0 Å². The monoisotopic (exact) mass is 360 g/mol. The number of hydrogen-bond acceptors (Lipinski definition) is 5. The molecule has 0 spiro atoms. The zero-order valence-electron chi connectivity index (χ0n) is 15.8. The van der Waals surface area contributed by atoms with Crippen molar-refractivity contribution in [2.24, 2.45) is 0 Å². The quantitative estimate of drug-likeness (QED) is 0.542. The van der Waals surface area contributed by atoms with Crippen molar-refractivity contribution >= 4 is 13.4 Å². The van der Waals surface area contributed by atoms with E-state index in [0.717, 1.165) is 5.56 Å². The molecule has 0 aromatic heterocycles. The lowest BCUT2D eigenvalue weighted by Gasteiger charge is -2.31. The maximum atomic E-state index is 9.10. The van der Waals surface area contributed by atoms with Gasteiger partial charge in [0.25, 0.3) is 0 Å². The molecule has 6 heteroatoms. The average Bonchev–Trinajstić information content (AvgIpc) is 2.54. The van der Waals surface area contributed by atoms with Crippen molar-refractivity contribution in [1.29, 1.82) is 0 Å². The minimum absolute atomic E-state index is 1.01. The molecule has 2 rings (SSSR count). The molecule has 0 amide bonds. The zero-order valence-corrected chi connectivity index (χ0v) is 15.8. The van der Waals surface area contributed by atoms with Gasteiger partial charge in [-0.25, -0.2) is 0 Å². The van der Waals surface area contributed by atoms with Crippen molar-refractivity contribution in [2.75, 3.05) is 0 Å². The first-order valence-electron chi connectivity index (χ1n) is 8.15. The summed E-state index contributed by atoms with van der Waals surface area (Å²) in [5.41, 5.74) is 1.64. The second-order valence-electron chi connectivity index (χ2n) is 6.66. The highest BCUT2D eigenvalue weighted by Gasteiger charge is 2.31. The van der Waals surface area contributed by atoms with Gasteiger partial charge in [-0.1, -0.05) is 67.3 Å². The highest BCUT2D eigenvalue weighted by atomic mass is 16.5. The fourth-order valence-corrected chi connectivity index (χ4v) is 1.44. The molecule has 5 nitrogen and oxygen atoms in total. The van der Waals surface area contributed by atoms with Crippen molar-refractivity contribution in [3.63, 3.8) is 0 Å². The third kappa shape index (κ3) is 10.1. The molecule has 0 unspecified atom stereocenters. The highest BCUT2D eigenvalue weighted by Crippen LogP contribution is 2.19. The summed E-state index contributed by atoms with van der Waals surface area (Å²) in [5.74, 6) is 0. The Labute approximate surface area is 156 Å². The molecule has 142 valence electrons. The third-order valence-electron chi connectivity index (χ3n) is 3.75. The van der Waals surface area contributed by atoms with Crippen molar-refractivity contribution in [3.05, 3.63) is 66.7 Å². The fourth-order valence-electron chi connectivity index (χ4n) is 1.44. The Balaban J connectivity index is 0.000000444. The topological polar surface area (TPSA) is 101 Å². The van der Waals surface area contributed by atoms with Gasteiger partial charge < -0.3 is 25.3 Å². The van der Waals surface area contributed by atoms with Gasteiger partial charge in [0, 0.05) is 0 Å². The number of hydrogen-bond donors (Lipinski definition) is 5. The molecule has 5 N–H and O–H groups in total. The van der Waals surface area contributed by atoms with E-state index in [4.69, 9.17) is 25.3 Å². The summed E-state index contributed by atoms with van der Waals surface area (Å²) in [4.78, 5) is 0. The van der Waals surface area contributed by atoms with E-state index in [1.807, 2.05) is 12.1 Å². The van der Waals surface area contributed by atoms with E-state index in [2.05, 4.69) is 55.1 Å². The molecule has 0 atom stereocenters. The smallest absolute Gasteiger partial charge is 0.402 e. The first-order chi connectivity index (χ1) is 11.9. The van der Waals surface area contributed by atoms with Crippen LogP contribution in [0.1, 0.15) is 33.3 Å². The summed E-state index contributed by atoms with van der Waals surface area (Å²) in [7, 11) is -2.17. The SMILES string of the molecule is C=Cc1ccc(-c2ccccc2)cc1.CC(C)(O)C(C)(C)O.OB(O)O. The summed E-state index contributed by atoms with van der Waals surface area (Å²) in [6, 6.07) is 18.8. The van der Waals surface area contributed by atoms with E-state index < -0.39 is 18.5 Å². The molecule has 0 aliphatic carbocycles. The molecular weight excluding hydrogens is 331 g/mol. The summed E-state index contributed by atoms with van der Waals surface area (Å²) >= 11 is 0. The van der Waals surface area contributed by atoms with Gasteiger partial charge in [-0.3, -0.25) is 0 Å². The predicted octanol–water partition coefficient (Wildman–Crippen LogP) is 2.47. The van der Waals surface area contributed by atoms with Crippen LogP contribution >= 0.6 is 0 Å². The molecule has 0 bridgehead atoms. The maximum Gasteiger partial charge on any atom is 0.631 e. The zero-order chi connectivity index (χ0) is 20.4. The minimum Gasteiger partial charge on any atom is -0.402 e. The molecular formula is C20H29BO5. The summed E-state index contributed by atoms with van der Waals surface area (Å²) in [6.45, 7) is 10.0. The van der Waals surface area contributed by atoms with Crippen molar-refractivity contribution in [1.82, 2.24) is 0 Å². The van der Waals surface area contributed by atoms with E-state index >= 15 is 0 Å². The second kappa shape index (κ2) is 10.9. The van der Waals surface area contributed by atoms with Gasteiger partial charge in [-0.2, -0.15) is 0 Å². The van der Waals surface area contributed by atoms with E-state index in [1.54, 1.807) is 27.7 Å². The van der Waals surface area contributed by atoms with Crippen LogP contribution in [0.2, 0.25) is 0 Å². The van der Waals surface area contributed by atoms with E-state index in [0.29, 0.717) is 0 Å². The second-order valence-corrected chi connectivity index (χ2v) is 6.66. The molecule has 0 saturated carbocycles. The highest BCUT2D eigenvalue weighted by molar-refractivity contribution is 6.30. The molecule has 2 aromatic rings. The molecule has 0 saturated heterocycles. The van der Waals surface area contributed by atoms with Gasteiger partial charge in [0.15, 0.2) is 0 Å². The first kappa shape index (κ1) is 24.0. The lowest BCUT2D eigenvalue weighted by molar-refractivity contribution is -0.107. The third-order valence-corrected chi connectivity index (χ3v) is 3.75.